The third-order valence-electron chi connectivity index (χ3n) is 3.00. The summed E-state index contributed by atoms with van der Waals surface area (Å²) >= 11 is 0. The maximum absolute atomic E-state index is 13.7. The molecule has 0 radical (unpaired) electrons. The Balaban J connectivity index is 2.20. The Bertz CT molecular complexity index is 596. The average molecular weight is 265 g/mol. The molecule has 1 unspecified atom stereocenters. The Morgan fingerprint density at radius 3 is 2.32 bits per heavy atom. The second-order valence-electron chi connectivity index (χ2n) is 4.58. The summed E-state index contributed by atoms with van der Waals surface area (Å²) in [5.41, 5.74) is 7.62. The third-order valence-corrected chi connectivity index (χ3v) is 3.00. The molecule has 2 N–H and O–H groups in total. The second-order valence-corrected chi connectivity index (χ2v) is 4.58. The molecule has 2 rings (SSSR count). The van der Waals surface area contributed by atoms with Gasteiger partial charge in [0.1, 0.15) is 5.82 Å². The molecule has 0 saturated carbocycles. The third kappa shape index (κ3) is 3.15. The Morgan fingerprint density at radius 2 is 1.68 bits per heavy atom. The summed E-state index contributed by atoms with van der Waals surface area (Å²) < 4.78 is 39.6. The fraction of sp³-hybridized carbons (Fsp3) is 0.200. The van der Waals surface area contributed by atoms with E-state index < -0.39 is 17.7 Å². The van der Waals surface area contributed by atoms with Crippen LogP contribution in [0.2, 0.25) is 0 Å². The van der Waals surface area contributed by atoms with Crippen molar-refractivity contribution in [3.63, 3.8) is 0 Å². The molecule has 0 saturated heterocycles. The van der Waals surface area contributed by atoms with E-state index in [2.05, 4.69) is 0 Å². The van der Waals surface area contributed by atoms with Crippen molar-refractivity contribution in [2.75, 3.05) is 0 Å². The van der Waals surface area contributed by atoms with Crippen LogP contribution in [-0.2, 0) is 6.42 Å². The molecule has 0 amide bonds. The van der Waals surface area contributed by atoms with Crippen LogP contribution in [0, 0.1) is 24.4 Å². The highest BCUT2D eigenvalue weighted by molar-refractivity contribution is 5.28. The predicted octanol–water partition coefficient (Wildman–Crippen LogP) is 3.65. The molecule has 2 aromatic carbocycles. The first-order valence-electron chi connectivity index (χ1n) is 5.93. The average Bonchev–Trinajstić information content (AvgIpc) is 2.33. The Morgan fingerprint density at radius 1 is 0.947 bits per heavy atom. The van der Waals surface area contributed by atoms with Crippen LogP contribution in [0.15, 0.2) is 36.4 Å². The summed E-state index contributed by atoms with van der Waals surface area (Å²) in [4.78, 5) is 0. The maximum Gasteiger partial charge on any atom is 0.159 e. The van der Waals surface area contributed by atoms with Crippen molar-refractivity contribution in [2.24, 2.45) is 5.73 Å². The number of hydrogen-bond acceptors (Lipinski definition) is 1. The highest BCUT2D eigenvalue weighted by Crippen LogP contribution is 2.21. The molecule has 0 bridgehead atoms. The smallest absolute Gasteiger partial charge is 0.159 e. The van der Waals surface area contributed by atoms with Gasteiger partial charge in [-0.05, 0) is 42.7 Å². The van der Waals surface area contributed by atoms with Gasteiger partial charge < -0.3 is 5.73 Å². The quantitative estimate of drug-likeness (QED) is 0.900. The van der Waals surface area contributed by atoms with Gasteiger partial charge in [0, 0.05) is 11.6 Å². The molecule has 19 heavy (non-hydrogen) atoms. The van der Waals surface area contributed by atoms with Crippen molar-refractivity contribution < 1.29 is 13.2 Å². The van der Waals surface area contributed by atoms with Crippen molar-refractivity contribution in [3.8, 4) is 0 Å². The minimum atomic E-state index is -0.922. The van der Waals surface area contributed by atoms with E-state index in [9.17, 15) is 13.2 Å². The van der Waals surface area contributed by atoms with Gasteiger partial charge in [0.2, 0.25) is 0 Å². The van der Waals surface area contributed by atoms with E-state index in [1.54, 1.807) is 19.1 Å². The van der Waals surface area contributed by atoms with Crippen LogP contribution in [0.5, 0.6) is 0 Å². The van der Waals surface area contributed by atoms with Crippen LogP contribution in [-0.4, -0.2) is 0 Å². The van der Waals surface area contributed by atoms with Crippen LogP contribution in [0.3, 0.4) is 0 Å². The van der Waals surface area contributed by atoms with Gasteiger partial charge in [0.25, 0.3) is 0 Å². The van der Waals surface area contributed by atoms with Gasteiger partial charge in [-0.2, -0.15) is 0 Å². The zero-order valence-corrected chi connectivity index (χ0v) is 10.5. The van der Waals surface area contributed by atoms with Gasteiger partial charge >= 0.3 is 0 Å². The Kier molecular flexibility index (Phi) is 3.90. The molecule has 0 aromatic heterocycles. The summed E-state index contributed by atoms with van der Waals surface area (Å²) in [6.07, 6.45) is 0.247. The van der Waals surface area contributed by atoms with Crippen molar-refractivity contribution in [1.82, 2.24) is 0 Å². The number of halogens is 3. The topological polar surface area (TPSA) is 26.0 Å². The van der Waals surface area contributed by atoms with Crippen molar-refractivity contribution in [1.29, 1.82) is 0 Å². The molecular formula is C15H14F3N. The largest absolute Gasteiger partial charge is 0.324 e. The summed E-state index contributed by atoms with van der Waals surface area (Å²) in [5.74, 6) is -2.21. The fourth-order valence-electron chi connectivity index (χ4n) is 1.96. The summed E-state index contributed by atoms with van der Waals surface area (Å²) in [5, 5.41) is 0. The molecule has 0 aliphatic heterocycles. The van der Waals surface area contributed by atoms with E-state index in [0.29, 0.717) is 11.1 Å². The van der Waals surface area contributed by atoms with Crippen LogP contribution in [0.25, 0.3) is 0 Å². The van der Waals surface area contributed by atoms with Gasteiger partial charge in [0.05, 0.1) is 0 Å². The molecule has 1 atom stereocenters. The lowest BCUT2D eigenvalue weighted by Gasteiger charge is -2.13. The summed E-state index contributed by atoms with van der Waals surface area (Å²) in [6, 6.07) is 7.78. The molecule has 100 valence electrons. The number of rotatable bonds is 3. The normalized spacial score (nSPS) is 12.5. The van der Waals surface area contributed by atoms with Crippen molar-refractivity contribution in [3.05, 3.63) is 70.5 Å². The van der Waals surface area contributed by atoms with Gasteiger partial charge in [-0.1, -0.05) is 18.2 Å². The summed E-state index contributed by atoms with van der Waals surface area (Å²) in [6.45, 7) is 1.79. The van der Waals surface area contributed by atoms with Crippen molar-refractivity contribution in [2.45, 2.75) is 19.4 Å². The molecular weight excluding hydrogens is 251 g/mol. The van der Waals surface area contributed by atoms with Crippen LogP contribution >= 0.6 is 0 Å². The summed E-state index contributed by atoms with van der Waals surface area (Å²) in [7, 11) is 0. The molecule has 4 heteroatoms. The number of aryl methyl sites for hydroxylation is 1. The van der Waals surface area contributed by atoms with Gasteiger partial charge in [-0.15, -0.1) is 0 Å². The van der Waals surface area contributed by atoms with E-state index in [1.165, 1.54) is 12.1 Å². The van der Waals surface area contributed by atoms with E-state index in [-0.39, 0.29) is 12.2 Å². The molecule has 0 spiro atoms. The lowest BCUT2D eigenvalue weighted by atomic mass is 9.98. The first-order chi connectivity index (χ1) is 8.97. The minimum absolute atomic E-state index is 0.247. The molecule has 0 aliphatic rings. The minimum Gasteiger partial charge on any atom is -0.324 e. The highest BCUT2D eigenvalue weighted by Gasteiger charge is 2.13. The monoisotopic (exact) mass is 265 g/mol. The molecule has 2 aromatic rings. The molecule has 1 nitrogen and oxygen atoms in total. The number of hydrogen-bond donors (Lipinski definition) is 1. The molecule has 0 heterocycles. The zero-order chi connectivity index (χ0) is 14.0. The Hall–Kier alpha value is -1.81. The lowest BCUT2D eigenvalue weighted by Crippen LogP contribution is -2.15. The van der Waals surface area contributed by atoms with E-state index in [1.807, 2.05) is 0 Å². The van der Waals surface area contributed by atoms with E-state index in [0.717, 1.165) is 17.7 Å². The molecule has 0 fully saturated rings. The first kappa shape index (κ1) is 13.6. The Labute approximate surface area is 109 Å². The fourth-order valence-corrected chi connectivity index (χ4v) is 1.96. The lowest BCUT2D eigenvalue weighted by molar-refractivity contribution is 0.505. The standard InChI is InChI=1S/C15H14F3N/c1-9-2-4-11(13(17)6-9)15(19)8-10-3-5-12(16)14(18)7-10/h2-7,15H,8,19H2,1H3. The number of benzene rings is 2. The van der Waals surface area contributed by atoms with Gasteiger partial charge in [-0.25, -0.2) is 13.2 Å². The zero-order valence-electron chi connectivity index (χ0n) is 10.5. The van der Waals surface area contributed by atoms with Gasteiger partial charge in [0.15, 0.2) is 11.6 Å². The highest BCUT2D eigenvalue weighted by atomic mass is 19.2. The van der Waals surface area contributed by atoms with E-state index in [4.69, 9.17) is 5.73 Å². The van der Waals surface area contributed by atoms with Gasteiger partial charge in [-0.3, -0.25) is 0 Å². The van der Waals surface area contributed by atoms with Crippen LogP contribution in [0.4, 0.5) is 13.2 Å². The number of nitrogens with two attached hydrogens (primary N) is 1. The predicted molar refractivity (Wildman–Crippen MR) is 68.1 cm³/mol. The second kappa shape index (κ2) is 5.45. The first-order valence-corrected chi connectivity index (χ1v) is 5.93. The van der Waals surface area contributed by atoms with Crippen molar-refractivity contribution >= 4 is 0 Å². The SMILES string of the molecule is Cc1ccc(C(N)Cc2ccc(F)c(F)c2)c(F)c1. The van der Waals surface area contributed by atoms with Crippen LogP contribution < -0.4 is 5.73 Å². The maximum atomic E-state index is 13.7. The van der Waals surface area contributed by atoms with E-state index >= 15 is 0 Å². The molecule has 0 aliphatic carbocycles. The van der Waals surface area contributed by atoms with Crippen LogP contribution in [0.1, 0.15) is 22.7 Å².